The smallest absolute Gasteiger partial charge is 0.410 e. The summed E-state index contributed by atoms with van der Waals surface area (Å²) in [7, 11) is 1.57. The Morgan fingerprint density at radius 3 is 2.60 bits per heavy atom. The number of carbonyl (C=O) groups excluding carboxylic acids is 1. The Hall–Kier alpha value is -4.84. The summed E-state index contributed by atoms with van der Waals surface area (Å²) in [6, 6.07) is 12.5. The van der Waals surface area contributed by atoms with E-state index in [0.717, 1.165) is 5.39 Å². The largest absolute Gasteiger partial charge is 0.493 e. The van der Waals surface area contributed by atoms with Gasteiger partial charge in [0.05, 0.1) is 30.7 Å². The average molecular weight is 590 g/mol. The van der Waals surface area contributed by atoms with Gasteiger partial charge in [-0.1, -0.05) is 11.6 Å². The Kier molecular flexibility index (Phi) is 7.07. The van der Waals surface area contributed by atoms with Crippen molar-refractivity contribution in [3.63, 3.8) is 0 Å². The lowest BCUT2D eigenvalue weighted by molar-refractivity contribution is -0.0225. The van der Waals surface area contributed by atoms with E-state index in [2.05, 4.69) is 25.4 Å². The summed E-state index contributed by atoms with van der Waals surface area (Å²) in [6.07, 6.45) is 4.13. The highest BCUT2D eigenvalue weighted by atomic mass is 35.5. The maximum Gasteiger partial charge on any atom is 0.410 e. The molecule has 1 aliphatic heterocycles. The Bertz CT molecular complexity index is 1780. The van der Waals surface area contributed by atoms with Gasteiger partial charge in [-0.25, -0.2) is 24.3 Å². The number of benzene rings is 2. The number of aromatic nitrogens is 5. The second kappa shape index (κ2) is 10.9. The molecule has 3 aromatic heterocycles. The molecule has 216 valence electrons. The number of hydrogen-bond donors (Lipinski definition) is 1. The van der Waals surface area contributed by atoms with Crippen LogP contribution >= 0.6 is 11.6 Å². The molecule has 6 rings (SSSR count). The van der Waals surface area contributed by atoms with Crippen molar-refractivity contribution in [3.8, 4) is 23.0 Å². The quantitative estimate of drug-likeness (QED) is 0.246. The number of methoxy groups -OCH3 is 1. The first-order chi connectivity index (χ1) is 20.1. The number of nitrogens with zero attached hydrogens (tertiary/aromatic N) is 6. The van der Waals surface area contributed by atoms with Gasteiger partial charge in [0.15, 0.2) is 17.1 Å². The van der Waals surface area contributed by atoms with Crippen molar-refractivity contribution in [1.82, 2.24) is 29.5 Å². The third-order valence-electron chi connectivity index (χ3n) is 6.39. The number of likely N-dealkylation sites (tertiary alicyclic amines) is 1. The van der Waals surface area contributed by atoms with Crippen LogP contribution in [-0.2, 0) is 4.74 Å². The Morgan fingerprint density at radius 1 is 1.00 bits per heavy atom. The molecule has 1 aliphatic rings. The van der Waals surface area contributed by atoms with Crippen LogP contribution in [0.3, 0.4) is 0 Å². The van der Waals surface area contributed by atoms with Crippen LogP contribution in [0.4, 0.5) is 16.3 Å². The summed E-state index contributed by atoms with van der Waals surface area (Å²) in [5.74, 6) is 2.67. The van der Waals surface area contributed by atoms with Gasteiger partial charge < -0.3 is 29.2 Å². The molecule has 0 unspecified atom stereocenters. The van der Waals surface area contributed by atoms with E-state index >= 15 is 0 Å². The van der Waals surface area contributed by atoms with E-state index in [0.29, 0.717) is 63.8 Å². The van der Waals surface area contributed by atoms with Gasteiger partial charge >= 0.3 is 6.09 Å². The van der Waals surface area contributed by atoms with Gasteiger partial charge in [-0.05, 0) is 51.1 Å². The summed E-state index contributed by atoms with van der Waals surface area (Å²) < 4.78 is 24.8. The number of hydrogen-bond acceptors (Lipinski definition) is 10. The maximum absolute atomic E-state index is 12.3. The molecule has 1 N–H and O–H groups in total. The van der Waals surface area contributed by atoms with E-state index in [1.54, 1.807) is 53.1 Å². The van der Waals surface area contributed by atoms with Gasteiger partial charge in [0.1, 0.15) is 41.7 Å². The average Bonchev–Trinajstić information content (AvgIpc) is 3.39. The summed E-state index contributed by atoms with van der Waals surface area (Å²) in [5, 5.41) is 8.52. The highest BCUT2D eigenvalue weighted by Gasteiger charge is 2.35. The number of fused-ring (bicyclic) bond motifs is 2. The fourth-order valence-corrected chi connectivity index (χ4v) is 4.59. The lowest BCUT2D eigenvalue weighted by atomic mass is 10.1. The van der Waals surface area contributed by atoms with Gasteiger partial charge in [-0.2, -0.15) is 5.10 Å². The minimum Gasteiger partial charge on any atom is -0.493 e. The second-order valence-corrected chi connectivity index (χ2v) is 11.1. The minimum absolute atomic E-state index is 0.207. The van der Waals surface area contributed by atoms with Gasteiger partial charge in [-0.3, -0.25) is 0 Å². The normalized spacial score (nSPS) is 13.6. The molecule has 13 heteroatoms. The standard InChI is InChI=1S/C29H28ClN7O5/c1-29(2,3)42-28(38)36-13-19(14-36)41-25-11-20-22(12-24(25)39-4)31-15-33-27(20)35-17-5-6-23(21(30)9-17)40-18-7-8-37-26(10-18)32-16-34-37/h5-12,15-16,19H,13-14H2,1-4H3,(H,31,33,35). The minimum atomic E-state index is -0.556. The second-order valence-electron chi connectivity index (χ2n) is 10.7. The van der Waals surface area contributed by atoms with Crippen molar-refractivity contribution < 1.29 is 23.7 Å². The molecule has 42 heavy (non-hydrogen) atoms. The number of halogens is 1. The molecule has 0 spiro atoms. The van der Waals surface area contributed by atoms with Crippen molar-refractivity contribution in [2.75, 3.05) is 25.5 Å². The Labute approximate surface area is 246 Å². The van der Waals surface area contributed by atoms with E-state index < -0.39 is 5.60 Å². The zero-order valence-corrected chi connectivity index (χ0v) is 24.1. The molecule has 0 radical (unpaired) electrons. The molecule has 1 fully saturated rings. The molecule has 4 heterocycles. The molecular formula is C29H28ClN7O5. The first-order valence-electron chi connectivity index (χ1n) is 13.2. The topological polar surface area (TPSA) is 125 Å². The van der Waals surface area contributed by atoms with Crippen molar-refractivity contribution in [1.29, 1.82) is 0 Å². The molecular weight excluding hydrogens is 562 g/mol. The number of rotatable bonds is 7. The number of pyridine rings is 1. The number of carbonyl (C=O) groups is 1. The molecule has 12 nitrogen and oxygen atoms in total. The first-order valence-corrected chi connectivity index (χ1v) is 13.5. The van der Waals surface area contributed by atoms with Crippen LogP contribution < -0.4 is 19.5 Å². The summed E-state index contributed by atoms with van der Waals surface area (Å²) in [6.45, 7) is 6.33. The van der Waals surface area contributed by atoms with E-state index in [1.807, 2.05) is 32.9 Å². The Morgan fingerprint density at radius 2 is 1.83 bits per heavy atom. The van der Waals surface area contributed by atoms with Crippen LogP contribution in [0.5, 0.6) is 23.0 Å². The predicted octanol–water partition coefficient (Wildman–Crippen LogP) is 5.87. The predicted molar refractivity (Wildman–Crippen MR) is 156 cm³/mol. The highest BCUT2D eigenvalue weighted by molar-refractivity contribution is 6.32. The summed E-state index contributed by atoms with van der Waals surface area (Å²) in [4.78, 5) is 26.9. The zero-order chi connectivity index (χ0) is 29.4. The monoisotopic (exact) mass is 589 g/mol. The van der Waals surface area contributed by atoms with Crippen LogP contribution in [0.15, 0.2) is 61.3 Å². The van der Waals surface area contributed by atoms with Gasteiger partial charge in [0.2, 0.25) is 0 Å². The molecule has 1 saturated heterocycles. The first kappa shape index (κ1) is 27.3. The molecule has 2 aromatic carbocycles. The SMILES string of the molecule is COc1cc2ncnc(Nc3ccc(Oc4ccn5ncnc5c4)c(Cl)c3)c2cc1OC1CN(C(=O)OC(C)(C)C)C1. The molecule has 0 aliphatic carbocycles. The van der Waals surface area contributed by atoms with E-state index in [9.17, 15) is 4.79 Å². The molecule has 0 atom stereocenters. The fourth-order valence-electron chi connectivity index (χ4n) is 4.37. The van der Waals surface area contributed by atoms with Crippen molar-refractivity contribution in [2.24, 2.45) is 0 Å². The number of amides is 1. The van der Waals surface area contributed by atoms with E-state index in [-0.39, 0.29) is 12.2 Å². The lowest BCUT2D eigenvalue weighted by Crippen LogP contribution is -2.57. The number of nitrogens with one attached hydrogen (secondary N) is 1. The number of anilines is 2. The summed E-state index contributed by atoms with van der Waals surface area (Å²) >= 11 is 6.57. The fraction of sp³-hybridized carbons (Fsp3) is 0.276. The molecule has 0 bridgehead atoms. The molecule has 1 amide bonds. The van der Waals surface area contributed by atoms with Crippen LogP contribution in [0.1, 0.15) is 20.8 Å². The van der Waals surface area contributed by atoms with Gasteiger partial charge in [-0.15, -0.1) is 0 Å². The van der Waals surface area contributed by atoms with E-state index in [4.69, 9.17) is 30.5 Å². The molecule has 0 saturated carbocycles. The summed E-state index contributed by atoms with van der Waals surface area (Å²) in [5.41, 5.74) is 1.47. The lowest BCUT2D eigenvalue weighted by Gasteiger charge is -2.39. The van der Waals surface area contributed by atoms with Crippen LogP contribution in [-0.4, -0.2) is 67.5 Å². The van der Waals surface area contributed by atoms with Gasteiger partial charge in [0, 0.05) is 29.4 Å². The van der Waals surface area contributed by atoms with Crippen molar-refractivity contribution in [2.45, 2.75) is 32.5 Å². The zero-order valence-electron chi connectivity index (χ0n) is 23.4. The highest BCUT2D eigenvalue weighted by Crippen LogP contribution is 2.37. The van der Waals surface area contributed by atoms with Gasteiger partial charge in [0.25, 0.3) is 0 Å². The third kappa shape index (κ3) is 5.79. The van der Waals surface area contributed by atoms with Crippen LogP contribution in [0.25, 0.3) is 16.6 Å². The number of ether oxygens (including phenoxy) is 4. The van der Waals surface area contributed by atoms with Crippen molar-refractivity contribution >= 4 is 45.7 Å². The van der Waals surface area contributed by atoms with Crippen LogP contribution in [0, 0.1) is 0 Å². The third-order valence-corrected chi connectivity index (χ3v) is 6.68. The van der Waals surface area contributed by atoms with E-state index in [1.165, 1.54) is 12.7 Å². The molecule has 5 aromatic rings. The van der Waals surface area contributed by atoms with Crippen LogP contribution in [0.2, 0.25) is 5.02 Å². The maximum atomic E-state index is 12.3. The van der Waals surface area contributed by atoms with Crippen molar-refractivity contribution in [3.05, 3.63) is 66.3 Å². The Balaban J connectivity index is 1.18.